The van der Waals surface area contributed by atoms with E-state index in [0.29, 0.717) is 17.4 Å². The molecule has 7 nitrogen and oxygen atoms in total. The number of amides is 1. The van der Waals surface area contributed by atoms with E-state index in [4.69, 9.17) is 4.74 Å². The molecule has 0 aliphatic rings. The summed E-state index contributed by atoms with van der Waals surface area (Å²) in [5.74, 6) is 0.557. The molecule has 1 aromatic carbocycles. The highest BCUT2D eigenvalue weighted by atomic mass is 16.5. The smallest absolute Gasteiger partial charge is 0.261 e. The van der Waals surface area contributed by atoms with Crippen molar-refractivity contribution in [2.24, 2.45) is 0 Å². The first-order valence-electron chi connectivity index (χ1n) is 7.74. The Labute approximate surface area is 144 Å². The van der Waals surface area contributed by atoms with E-state index in [1.54, 1.807) is 25.1 Å². The third kappa shape index (κ3) is 3.65. The fourth-order valence-electron chi connectivity index (χ4n) is 2.52. The zero-order valence-corrected chi connectivity index (χ0v) is 14.0. The van der Waals surface area contributed by atoms with Gasteiger partial charge in [-0.05, 0) is 23.8 Å². The third-order valence-corrected chi connectivity index (χ3v) is 3.91. The van der Waals surface area contributed by atoms with Crippen molar-refractivity contribution in [3.05, 3.63) is 65.0 Å². The molecule has 3 rings (SSSR count). The lowest BCUT2D eigenvalue weighted by atomic mass is 10.2. The minimum Gasteiger partial charge on any atom is -0.497 e. The summed E-state index contributed by atoms with van der Waals surface area (Å²) >= 11 is 0. The maximum atomic E-state index is 12.5. The Morgan fingerprint density at radius 2 is 2.16 bits per heavy atom. The molecule has 25 heavy (non-hydrogen) atoms. The summed E-state index contributed by atoms with van der Waals surface area (Å²) in [6, 6.07) is 9.12. The lowest BCUT2D eigenvalue weighted by molar-refractivity contribution is -0.131. The number of methoxy groups -OCH3 is 1. The molecule has 0 bridgehead atoms. The number of carbonyl (C=O) groups is 1. The van der Waals surface area contributed by atoms with Gasteiger partial charge in [0, 0.05) is 19.8 Å². The summed E-state index contributed by atoms with van der Waals surface area (Å²) in [6.45, 7) is 0.361. The number of aromatic nitrogens is 3. The Kier molecular flexibility index (Phi) is 4.74. The van der Waals surface area contributed by atoms with Crippen LogP contribution in [0.4, 0.5) is 0 Å². The van der Waals surface area contributed by atoms with Gasteiger partial charge >= 0.3 is 0 Å². The second kappa shape index (κ2) is 7.12. The lowest BCUT2D eigenvalue weighted by Gasteiger charge is -2.18. The van der Waals surface area contributed by atoms with Crippen molar-refractivity contribution < 1.29 is 9.53 Å². The number of fused-ring (bicyclic) bond motifs is 1. The maximum Gasteiger partial charge on any atom is 0.261 e. The molecule has 0 aliphatic heterocycles. The topological polar surface area (TPSA) is 77.3 Å². The van der Waals surface area contributed by atoms with E-state index in [1.807, 2.05) is 24.3 Å². The molecule has 1 amide bonds. The Morgan fingerprint density at radius 3 is 2.96 bits per heavy atom. The predicted molar refractivity (Wildman–Crippen MR) is 93.3 cm³/mol. The number of rotatable bonds is 5. The molecule has 0 radical (unpaired) electrons. The molecular weight excluding hydrogens is 320 g/mol. The monoisotopic (exact) mass is 338 g/mol. The Balaban J connectivity index is 1.75. The maximum absolute atomic E-state index is 12.5. The number of hydrogen-bond acceptors (Lipinski definition) is 5. The zero-order chi connectivity index (χ0) is 17.8. The van der Waals surface area contributed by atoms with E-state index in [0.717, 1.165) is 11.3 Å². The third-order valence-electron chi connectivity index (χ3n) is 3.91. The van der Waals surface area contributed by atoms with Gasteiger partial charge in [0.25, 0.3) is 5.56 Å². The molecule has 0 fully saturated rings. The summed E-state index contributed by atoms with van der Waals surface area (Å²) in [4.78, 5) is 34.6. The van der Waals surface area contributed by atoms with Gasteiger partial charge in [0.2, 0.25) is 5.91 Å². The van der Waals surface area contributed by atoms with E-state index >= 15 is 0 Å². The number of hydrogen-bond donors (Lipinski definition) is 0. The van der Waals surface area contributed by atoms with Crippen molar-refractivity contribution >= 4 is 16.8 Å². The molecule has 2 aromatic heterocycles. The van der Waals surface area contributed by atoms with Crippen LogP contribution in [0.3, 0.4) is 0 Å². The van der Waals surface area contributed by atoms with Crippen LogP contribution < -0.4 is 10.3 Å². The Morgan fingerprint density at radius 1 is 1.32 bits per heavy atom. The highest BCUT2D eigenvalue weighted by Gasteiger charge is 2.13. The number of ether oxygens (including phenoxy) is 1. The average Bonchev–Trinajstić information content (AvgIpc) is 2.64. The molecule has 0 N–H and O–H groups in total. The molecule has 0 saturated carbocycles. The molecule has 0 unspecified atom stereocenters. The van der Waals surface area contributed by atoms with Crippen LogP contribution in [0, 0.1) is 0 Å². The molecular formula is C18H18N4O3. The lowest BCUT2D eigenvalue weighted by Crippen LogP contribution is -2.33. The highest BCUT2D eigenvalue weighted by Crippen LogP contribution is 2.14. The van der Waals surface area contributed by atoms with Crippen molar-refractivity contribution in [3.63, 3.8) is 0 Å². The minimum absolute atomic E-state index is 0.0649. The van der Waals surface area contributed by atoms with Gasteiger partial charge < -0.3 is 9.64 Å². The van der Waals surface area contributed by atoms with Crippen LogP contribution in [0.25, 0.3) is 10.9 Å². The van der Waals surface area contributed by atoms with Crippen molar-refractivity contribution in [1.29, 1.82) is 0 Å². The van der Waals surface area contributed by atoms with Crippen molar-refractivity contribution in [2.45, 2.75) is 13.1 Å². The van der Waals surface area contributed by atoms with E-state index in [2.05, 4.69) is 9.97 Å². The molecule has 2 heterocycles. The van der Waals surface area contributed by atoms with Gasteiger partial charge in [-0.2, -0.15) is 0 Å². The Hall–Kier alpha value is -3.22. The first-order chi connectivity index (χ1) is 12.1. The number of nitrogens with zero attached hydrogens (tertiary/aromatic N) is 4. The van der Waals surface area contributed by atoms with Gasteiger partial charge in [-0.3, -0.25) is 19.1 Å². The van der Waals surface area contributed by atoms with Crippen LogP contribution in [0.15, 0.2) is 53.8 Å². The molecule has 3 aromatic rings. The first-order valence-corrected chi connectivity index (χ1v) is 7.74. The quantitative estimate of drug-likeness (QED) is 0.704. The fraction of sp³-hybridized carbons (Fsp3) is 0.222. The van der Waals surface area contributed by atoms with E-state index in [1.165, 1.54) is 23.3 Å². The predicted octanol–water partition coefficient (Wildman–Crippen LogP) is 1.46. The summed E-state index contributed by atoms with van der Waals surface area (Å²) < 4.78 is 6.50. The van der Waals surface area contributed by atoms with Crippen LogP contribution in [-0.2, 0) is 17.9 Å². The van der Waals surface area contributed by atoms with Gasteiger partial charge in [-0.15, -0.1) is 0 Å². The SMILES string of the molecule is COc1cccc(CN(C)C(=O)Cn2cnc3cnccc3c2=O)c1. The Bertz CT molecular complexity index is 968. The van der Waals surface area contributed by atoms with E-state index in [9.17, 15) is 9.59 Å². The standard InChI is InChI=1S/C18H18N4O3/c1-21(10-13-4-3-5-14(8-13)25-2)17(23)11-22-12-20-16-9-19-7-6-15(16)18(22)24/h3-9,12H,10-11H2,1-2H3. The summed E-state index contributed by atoms with van der Waals surface area (Å²) in [5, 5.41) is 0.445. The molecule has 128 valence electrons. The second-order valence-corrected chi connectivity index (χ2v) is 5.67. The molecule has 0 atom stereocenters. The second-order valence-electron chi connectivity index (χ2n) is 5.67. The van der Waals surface area contributed by atoms with E-state index < -0.39 is 0 Å². The van der Waals surface area contributed by atoms with Gasteiger partial charge in [0.05, 0.1) is 30.5 Å². The first kappa shape index (κ1) is 16.6. The summed E-state index contributed by atoms with van der Waals surface area (Å²) in [7, 11) is 3.30. The van der Waals surface area contributed by atoms with Crippen LogP contribution in [0.1, 0.15) is 5.56 Å². The van der Waals surface area contributed by atoms with Gasteiger partial charge in [0.15, 0.2) is 0 Å². The van der Waals surface area contributed by atoms with Crippen LogP contribution in [0.2, 0.25) is 0 Å². The van der Waals surface area contributed by atoms with Gasteiger partial charge in [-0.1, -0.05) is 12.1 Å². The molecule has 7 heteroatoms. The van der Waals surface area contributed by atoms with Crippen molar-refractivity contribution in [2.75, 3.05) is 14.2 Å². The van der Waals surface area contributed by atoms with Gasteiger partial charge in [0.1, 0.15) is 12.3 Å². The number of carbonyl (C=O) groups excluding carboxylic acids is 1. The van der Waals surface area contributed by atoms with Crippen LogP contribution >= 0.6 is 0 Å². The summed E-state index contributed by atoms with van der Waals surface area (Å²) in [5.41, 5.74) is 1.21. The summed E-state index contributed by atoms with van der Waals surface area (Å²) in [6.07, 6.45) is 4.44. The molecule has 0 aliphatic carbocycles. The highest BCUT2D eigenvalue weighted by molar-refractivity contribution is 5.78. The minimum atomic E-state index is -0.254. The normalized spacial score (nSPS) is 10.6. The average molecular weight is 338 g/mol. The van der Waals surface area contributed by atoms with Crippen LogP contribution in [0.5, 0.6) is 5.75 Å². The number of benzene rings is 1. The number of pyridine rings is 1. The van der Waals surface area contributed by atoms with Crippen molar-refractivity contribution in [1.82, 2.24) is 19.4 Å². The van der Waals surface area contributed by atoms with E-state index in [-0.39, 0.29) is 18.0 Å². The molecule has 0 saturated heterocycles. The number of likely N-dealkylation sites (N-methyl/N-ethyl adjacent to an activating group) is 1. The fourth-order valence-corrected chi connectivity index (χ4v) is 2.52. The van der Waals surface area contributed by atoms with Crippen molar-refractivity contribution in [3.8, 4) is 5.75 Å². The largest absolute Gasteiger partial charge is 0.497 e. The molecule has 0 spiro atoms. The van der Waals surface area contributed by atoms with Crippen LogP contribution in [-0.4, -0.2) is 39.5 Å². The van der Waals surface area contributed by atoms with Gasteiger partial charge in [-0.25, -0.2) is 4.98 Å². The zero-order valence-electron chi connectivity index (χ0n) is 14.0.